The Morgan fingerprint density at radius 1 is 1.07 bits per heavy atom. The van der Waals surface area contributed by atoms with Crippen LogP contribution in [0.3, 0.4) is 0 Å². The van der Waals surface area contributed by atoms with Gasteiger partial charge < -0.3 is 18.6 Å². The van der Waals surface area contributed by atoms with Crippen LogP contribution >= 0.6 is 27.3 Å². The number of thiazole rings is 1. The number of fused-ring (bicyclic) bond motifs is 2. The zero-order valence-corrected chi connectivity index (χ0v) is 25.8. The van der Waals surface area contributed by atoms with Crippen molar-refractivity contribution in [1.29, 1.82) is 0 Å². The topological polar surface area (TPSA) is 108 Å². The van der Waals surface area contributed by atoms with Crippen molar-refractivity contribution in [3.8, 4) is 11.5 Å². The van der Waals surface area contributed by atoms with Crippen LogP contribution in [0.1, 0.15) is 55.6 Å². The molecule has 6 rings (SSSR count). The normalized spacial score (nSPS) is 14.2. The smallest absolute Gasteiger partial charge is 0.350 e. The van der Waals surface area contributed by atoms with Crippen molar-refractivity contribution in [2.24, 2.45) is 0 Å². The Hall–Kier alpha value is -4.48. The van der Waals surface area contributed by atoms with Crippen LogP contribution < -0.4 is 19.8 Å². The first-order chi connectivity index (χ1) is 20.8. The number of nitrogens with zero attached hydrogens (tertiary/aromatic N) is 2. The zero-order chi connectivity index (χ0) is 30.2. The minimum atomic E-state index is -0.917. The summed E-state index contributed by atoms with van der Waals surface area (Å²) in [5.74, 6) is -0.246. The molecule has 43 heavy (non-hydrogen) atoms. The number of anilines is 1. The second-order valence-electron chi connectivity index (χ2n) is 9.71. The summed E-state index contributed by atoms with van der Waals surface area (Å²) in [6.07, 6.45) is 0. The molecule has 1 aliphatic rings. The summed E-state index contributed by atoms with van der Waals surface area (Å²) < 4.78 is 23.7. The fraction of sp³-hybridized carbons (Fsp3) is 0.188. The molecule has 0 saturated heterocycles. The number of methoxy groups -OCH3 is 1. The van der Waals surface area contributed by atoms with Gasteiger partial charge in [-0.1, -0.05) is 63.7 Å². The molecular formula is C32H25BrN2O7S. The highest BCUT2D eigenvalue weighted by atomic mass is 79.9. The summed E-state index contributed by atoms with van der Waals surface area (Å²) in [6, 6.07) is 19.1. The predicted octanol–water partition coefficient (Wildman–Crippen LogP) is 6.83. The number of hydrogen-bond acceptors (Lipinski definition) is 9. The van der Waals surface area contributed by atoms with Gasteiger partial charge in [-0.2, -0.15) is 0 Å². The molecule has 1 atom stereocenters. The maximum atomic E-state index is 14.0. The van der Waals surface area contributed by atoms with E-state index in [0.29, 0.717) is 39.2 Å². The van der Waals surface area contributed by atoms with Crippen LogP contribution in [0.2, 0.25) is 0 Å². The first-order valence-corrected chi connectivity index (χ1v) is 15.0. The van der Waals surface area contributed by atoms with Gasteiger partial charge in [0.25, 0.3) is 5.91 Å². The molecule has 5 aromatic rings. The first kappa shape index (κ1) is 28.6. The number of carbonyl (C=O) groups excluding carboxylic acids is 2. The largest absolute Gasteiger partial charge is 0.493 e. The molecule has 0 fully saturated rings. The molecule has 0 aliphatic carbocycles. The minimum Gasteiger partial charge on any atom is -0.493 e. The van der Waals surface area contributed by atoms with E-state index in [1.54, 1.807) is 50.2 Å². The van der Waals surface area contributed by atoms with Gasteiger partial charge in [0.05, 0.1) is 36.4 Å². The maximum Gasteiger partial charge on any atom is 0.350 e. The van der Waals surface area contributed by atoms with Crippen LogP contribution in [0.25, 0.3) is 11.0 Å². The Morgan fingerprint density at radius 2 is 1.86 bits per heavy atom. The number of ether oxygens (including phenoxy) is 3. The zero-order valence-electron chi connectivity index (χ0n) is 23.4. The average molecular weight is 662 g/mol. The summed E-state index contributed by atoms with van der Waals surface area (Å²) in [5, 5.41) is 0.556. The summed E-state index contributed by atoms with van der Waals surface area (Å²) in [6.45, 7) is 3.91. The van der Waals surface area contributed by atoms with Gasteiger partial charge in [-0.25, -0.2) is 9.78 Å². The average Bonchev–Trinajstić information content (AvgIpc) is 3.54. The standard InChI is InChI=1S/C32H25BrN2O7S/c1-4-40-31(38)29-17(2)34-32(43-29)35-26(25-27(36)21-15-20(33)11-13-22(21)42-28(25)30(35)37)19-10-12-23(24(14-19)39-3)41-16-18-8-6-5-7-9-18/h5-15,26H,4,16H2,1-3H3. The van der Waals surface area contributed by atoms with E-state index in [-0.39, 0.29) is 39.0 Å². The summed E-state index contributed by atoms with van der Waals surface area (Å²) >= 11 is 4.44. The molecule has 3 heterocycles. The lowest BCUT2D eigenvalue weighted by Crippen LogP contribution is -2.29. The molecule has 0 saturated carbocycles. The van der Waals surface area contributed by atoms with E-state index < -0.39 is 17.9 Å². The van der Waals surface area contributed by atoms with Gasteiger partial charge in [-0.05, 0) is 55.3 Å². The number of aromatic nitrogens is 1. The van der Waals surface area contributed by atoms with E-state index in [2.05, 4.69) is 20.9 Å². The molecule has 0 bridgehead atoms. The van der Waals surface area contributed by atoms with Crippen LogP contribution in [0, 0.1) is 6.92 Å². The van der Waals surface area contributed by atoms with Crippen LogP contribution in [-0.4, -0.2) is 30.6 Å². The van der Waals surface area contributed by atoms with Crippen molar-refractivity contribution in [2.75, 3.05) is 18.6 Å². The Labute approximate surface area is 258 Å². The summed E-state index contributed by atoms with van der Waals surface area (Å²) in [4.78, 5) is 46.9. The number of esters is 1. The molecule has 0 radical (unpaired) electrons. The van der Waals surface area contributed by atoms with E-state index in [4.69, 9.17) is 18.6 Å². The maximum absolute atomic E-state index is 14.0. The second kappa shape index (κ2) is 11.7. The monoisotopic (exact) mass is 660 g/mol. The molecule has 0 N–H and O–H groups in total. The van der Waals surface area contributed by atoms with E-state index in [9.17, 15) is 14.4 Å². The van der Waals surface area contributed by atoms with Gasteiger partial charge >= 0.3 is 5.97 Å². The van der Waals surface area contributed by atoms with E-state index >= 15 is 0 Å². The lowest BCUT2D eigenvalue weighted by Gasteiger charge is -2.23. The Kier molecular flexibility index (Phi) is 7.76. The number of carbonyl (C=O) groups is 2. The highest BCUT2D eigenvalue weighted by molar-refractivity contribution is 9.10. The number of hydrogen-bond donors (Lipinski definition) is 0. The van der Waals surface area contributed by atoms with Crippen molar-refractivity contribution >= 4 is 55.2 Å². The predicted molar refractivity (Wildman–Crippen MR) is 165 cm³/mol. The number of benzene rings is 3. The third kappa shape index (κ3) is 5.19. The Balaban J connectivity index is 1.49. The highest BCUT2D eigenvalue weighted by Gasteiger charge is 2.45. The van der Waals surface area contributed by atoms with Gasteiger partial charge in [0.1, 0.15) is 17.1 Å². The van der Waals surface area contributed by atoms with Crippen LogP contribution in [0.5, 0.6) is 11.5 Å². The summed E-state index contributed by atoms with van der Waals surface area (Å²) in [5.41, 5.74) is 2.08. The van der Waals surface area contributed by atoms with Crippen molar-refractivity contribution in [1.82, 2.24) is 4.98 Å². The number of halogens is 1. The van der Waals surface area contributed by atoms with Gasteiger partial charge in [0.15, 0.2) is 22.1 Å². The quantitative estimate of drug-likeness (QED) is 0.167. The SMILES string of the molecule is CCOC(=O)c1sc(N2C(=O)c3oc4ccc(Br)cc4c(=O)c3C2c2ccc(OCc3ccccc3)c(OC)c2)nc1C. The third-order valence-corrected chi connectivity index (χ3v) is 8.65. The van der Waals surface area contributed by atoms with Crippen molar-refractivity contribution in [2.45, 2.75) is 26.5 Å². The lowest BCUT2D eigenvalue weighted by atomic mass is 9.98. The molecule has 0 spiro atoms. The number of aryl methyl sites for hydroxylation is 1. The molecule has 9 nitrogen and oxygen atoms in total. The van der Waals surface area contributed by atoms with Crippen LogP contribution in [0.4, 0.5) is 5.13 Å². The van der Waals surface area contributed by atoms with Crippen molar-refractivity contribution < 1.29 is 28.2 Å². The first-order valence-electron chi connectivity index (χ1n) is 13.4. The fourth-order valence-electron chi connectivity index (χ4n) is 5.04. The van der Waals surface area contributed by atoms with E-state index in [0.717, 1.165) is 16.9 Å². The van der Waals surface area contributed by atoms with Gasteiger partial charge in [0.2, 0.25) is 5.76 Å². The minimum absolute atomic E-state index is 0.0845. The van der Waals surface area contributed by atoms with Crippen molar-refractivity contribution in [3.63, 3.8) is 0 Å². The fourth-order valence-corrected chi connectivity index (χ4v) is 6.39. The van der Waals surface area contributed by atoms with Gasteiger partial charge in [-0.15, -0.1) is 0 Å². The van der Waals surface area contributed by atoms with Crippen LogP contribution in [0.15, 0.2) is 80.4 Å². The molecule has 2 aromatic heterocycles. The van der Waals surface area contributed by atoms with E-state index in [1.807, 2.05) is 30.3 Å². The molecular weight excluding hydrogens is 636 g/mol. The number of rotatable bonds is 8. The Bertz CT molecular complexity index is 1940. The van der Waals surface area contributed by atoms with Crippen molar-refractivity contribution in [3.05, 3.63) is 114 Å². The molecule has 1 aliphatic heterocycles. The molecule has 1 unspecified atom stereocenters. The Morgan fingerprint density at radius 3 is 2.60 bits per heavy atom. The number of amides is 1. The molecule has 218 valence electrons. The molecule has 3 aromatic carbocycles. The molecule has 1 amide bonds. The van der Waals surface area contributed by atoms with Gasteiger partial charge in [0, 0.05) is 4.47 Å². The summed E-state index contributed by atoms with van der Waals surface area (Å²) in [7, 11) is 1.52. The highest BCUT2D eigenvalue weighted by Crippen LogP contribution is 2.45. The molecule has 11 heteroatoms. The third-order valence-electron chi connectivity index (χ3n) is 7.02. The lowest BCUT2D eigenvalue weighted by molar-refractivity contribution is 0.0531. The van der Waals surface area contributed by atoms with Gasteiger partial charge in [-0.3, -0.25) is 14.5 Å². The van der Waals surface area contributed by atoms with Crippen LogP contribution in [-0.2, 0) is 11.3 Å². The van der Waals surface area contributed by atoms with E-state index in [1.165, 1.54) is 12.0 Å². The second-order valence-corrected chi connectivity index (χ2v) is 11.6.